The maximum absolute atomic E-state index is 14.3. The summed E-state index contributed by atoms with van der Waals surface area (Å²) in [4.78, 5) is 12.7. The van der Waals surface area contributed by atoms with Crippen LogP contribution < -0.4 is 10.1 Å². The Morgan fingerprint density at radius 3 is 2.26 bits per heavy atom. The molecule has 7 aromatic carbocycles. The molecule has 12 rings (SSSR count). The third-order valence-electron chi connectivity index (χ3n) is 13.7. The van der Waals surface area contributed by atoms with E-state index in [2.05, 4.69) is 178 Å². The van der Waals surface area contributed by atoms with Crippen LogP contribution in [0.1, 0.15) is 58.9 Å². The molecule has 5 heterocycles. The van der Waals surface area contributed by atoms with Gasteiger partial charge in [0, 0.05) is 50.2 Å². The Kier molecular flexibility index (Phi) is 11.9. The van der Waals surface area contributed by atoms with E-state index < -0.39 is 14.9 Å². The van der Waals surface area contributed by atoms with Crippen LogP contribution in [0.5, 0.6) is 0 Å². The molecule has 1 unspecified atom stereocenters. The number of anilines is 2. The Labute approximate surface area is 445 Å². The van der Waals surface area contributed by atoms with E-state index >= 15 is 0 Å². The number of aryl methyl sites for hydroxylation is 3. The second-order valence-corrected chi connectivity index (χ2v) is 26.5. The molecule has 1 atom stereocenters. The van der Waals surface area contributed by atoms with Crippen molar-refractivity contribution in [1.82, 2.24) is 14.5 Å². The molecule has 72 heavy (non-hydrogen) atoms. The van der Waals surface area contributed by atoms with E-state index in [0.717, 1.165) is 38.2 Å². The van der Waals surface area contributed by atoms with Crippen molar-refractivity contribution in [3.05, 3.63) is 215 Å². The van der Waals surface area contributed by atoms with Crippen LogP contribution in [0.15, 0.2) is 164 Å². The third kappa shape index (κ3) is 8.66. The van der Waals surface area contributed by atoms with E-state index in [0.29, 0.717) is 22.4 Å². The number of fused-ring (bicyclic) bond motifs is 7. The summed E-state index contributed by atoms with van der Waals surface area (Å²) in [7, 11) is -1.88. The molecule has 0 aliphatic carbocycles. The summed E-state index contributed by atoms with van der Waals surface area (Å²) in [6.07, 6.45) is 3.28. The number of halogens is 1. The van der Waals surface area contributed by atoms with Gasteiger partial charge in [0.05, 0.1) is 19.1 Å². The van der Waals surface area contributed by atoms with Gasteiger partial charge in [0.2, 0.25) is 0 Å². The summed E-state index contributed by atoms with van der Waals surface area (Å²) < 4.78 is 41.7. The van der Waals surface area contributed by atoms with E-state index in [4.69, 9.17) is 14.4 Å². The number of para-hydroxylation sites is 3. The van der Waals surface area contributed by atoms with Gasteiger partial charge in [-0.1, -0.05) is 147 Å². The number of hydrogen-bond donors (Lipinski definition) is 0. The van der Waals surface area contributed by atoms with Crippen molar-refractivity contribution >= 4 is 83.8 Å². The van der Waals surface area contributed by atoms with Crippen LogP contribution in [0.2, 0.25) is 19.6 Å². The number of benzene rings is 7. The molecule has 0 fully saturated rings. The number of pyridine rings is 2. The standard InChI is InChI=1S/C42H34N4S.C21H21FNSi.Ir/c1-25-23-33-29-21-20-27(42(3,4)5)24-36(29)45(28-13-7-6-8-14-28)38(33)26(2)37(25)46-35-19-10-9-18-34(35)44-40(46)32-16-11-15-30-31-17-12-22-43-41(31)47-39(30)32;1-15-12-20(23-14-21(15)24(2,3)4)17-10-11-19(22)18(13-17)16-8-6-5-7-9-16;/h6-15,17-24,40H,1-5H3;5-9,11-14H,1-4H3;/q-2;-1;+3/i;1D3;. The molecule has 0 N–H and O–H groups in total. The topological polar surface area (TPSA) is 48.1 Å². The summed E-state index contributed by atoms with van der Waals surface area (Å²) in [6, 6.07) is 57.5. The van der Waals surface area contributed by atoms with Gasteiger partial charge < -0.3 is 19.8 Å². The van der Waals surface area contributed by atoms with Crippen molar-refractivity contribution in [2.24, 2.45) is 0 Å². The zero-order valence-corrected chi connectivity index (χ0v) is 45.7. The first-order valence-electron chi connectivity index (χ1n) is 25.6. The van der Waals surface area contributed by atoms with Gasteiger partial charge in [0.15, 0.2) is 0 Å². The number of rotatable bonds is 6. The normalized spacial score (nSPS) is 14.3. The summed E-state index contributed by atoms with van der Waals surface area (Å²) in [6.45, 7) is 15.5. The molecular weight excluding hydrogens is 1100 g/mol. The monoisotopic (exact) mass is 1160 g/mol. The Morgan fingerprint density at radius 1 is 0.764 bits per heavy atom. The summed E-state index contributed by atoms with van der Waals surface area (Å²) in [5, 5.41) is 11.1. The minimum Gasteiger partial charge on any atom is -0.661 e. The Bertz CT molecular complexity index is 3960. The first-order valence-corrected chi connectivity index (χ1v) is 28.4. The molecule has 0 saturated heterocycles. The predicted octanol–water partition coefficient (Wildman–Crippen LogP) is 17.3. The molecule has 1 aliphatic rings. The fourth-order valence-electron chi connectivity index (χ4n) is 10.2. The van der Waals surface area contributed by atoms with Crippen LogP contribution in [0.3, 0.4) is 0 Å². The minimum absolute atomic E-state index is 0. The number of hydrogen-bond acceptors (Lipinski definition) is 4. The largest absolute Gasteiger partial charge is 3.00 e. The van der Waals surface area contributed by atoms with Crippen molar-refractivity contribution in [1.29, 1.82) is 0 Å². The van der Waals surface area contributed by atoms with Gasteiger partial charge in [0.25, 0.3) is 0 Å². The van der Waals surface area contributed by atoms with Crippen molar-refractivity contribution in [3.63, 3.8) is 0 Å². The second-order valence-electron chi connectivity index (χ2n) is 20.5. The second kappa shape index (κ2) is 19.0. The van der Waals surface area contributed by atoms with E-state index in [-0.39, 0.29) is 37.5 Å². The average Bonchev–Trinajstić information content (AvgIpc) is 4.06. The van der Waals surface area contributed by atoms with E-state index in [1.54, 1.807) is 29.7 Å². The van der Waals surface area contributed by atoms with Gasteiger partial charge in [0.1, 0.15) is 4.83 Å². The first-order chi connectivity index (χ1) is 35.4. The molecule has 0 bridgehead atoms. The molecule has 4 aromatic heterocycles. The zero-order valence-electron chi connectivity index (χ0n) is 44.5. The van der Waals surface area contributed by atoms with Crippen molar-refractivity contribution in [3.8, 4) is 28.1 Å². The van der Waals surface area contributed by atoms with Gasteiger partial charge in [-0.05, 0) is 107 Å². The molecule has 5 nitrogen and oxygen atoms in total. The quantitative estimate of drug-likeness (QED) is 0.123. The average molecular weight is 1160 g/mol. The smallest absolute Gasteiger partial charge is 0.661 e. The van der Waals surface area contributed by atoms with Crippen molar-refractivity contribution in [2.45, 2.75) is 72.7 Å². The molecular formula is C63H55FIrN5SSi. The van der Waals surface area contributed by atoms with Crippen molar-refractivity contribution in [2.75, 3.05) is 4.90 Å². The number of nitrogens with zero attached hydrogens (tertiary/aromatic N) is 5. The Balaban J connectivity index is 0.000000196. The molecule has 0 spiro atoms. The fourth-order valence-corrected chi connectivity index (χ4v) is 12.7. The molecule has 358 valence electrons. The summed E-state index contributed by atoms with van der Waals surface area (Å²) >= 11 is 1.73. The predicted molar refractivity (Wildman–Crippen MR) is 301 cm³/mol. The van der Waals surface area contributed by atoms with E-state index in [1.165, 1.54) is 65.7 Å². The Morgan fingerprint density at radius 2 is 1.51 bits per heavy atom. The third-order valence-corrected chi connectivity index (χ3v) is 16.9. The number of aromatic nitrogens is 3. The summed E-state index contributed by atoms with van der Waals surface area (Å²) in [5.74, 6) is -0.375. The van der Waals surface area contributed by atoms with Crippen LogP contribution in [-0.4, -0.2) is 22.6 Å². The van der Waals surface area contributed by atoms with Crippen LogP contribution in [0, 0.1) is 38.6 Å². The van der Waals surface area contributed by atoms with E-state index in [1.807, 2.05) is 42.6 Å². The maximum Gasteiger partial charge on any atom is 3.00 e. The number of thiophene rings is 1. The zero-order chi connectivity index (χ0) is 51.8. The minimum atomic E-state index is -2.23. The van der Waals surface area contributed by atoms with Gasteiger partial charge in [-0.3, -0.25) is 4.39 Å². The maximum atomic E-state index is 14.3. The van der Waals surface area contributed by atoms with E-state index in [9.17, 15) is 4.39 Å². The van der Waals surface area contributed by atoms with Crippen LogP contribution in [-0.2, 0) is 25.5 Å². The molecule has 0 saturated carbocycles. The molecule has 9 heteroatoms. The molecule has 11 aromatic rings. The van der Waals surface area contributed by atoms with Crippen LogP contribution >= 0.6 is 11.3 Å². The van der Waals surface area contributed by atoms with Crippen LogP contribution in [0.4, 0.5) is 21.5 Å². The molecule has 1 aliphatic heterocycles. The van der Waals surface area contributed by atoms with Crippen LogP contribution in [0.25, 0.3) is 75.5 Å². The summed E-state index contributed by atoms with van der Waals surface area (Å²) in [5.41, 5.74) is 14.4. The molecule has 0 amide bonds. The first kappa shape index (κ1) is 45.1. The molecule has 0 radical (unpaired) electrons. The SMILES string of the molecule is Cc1cc2c3ccc(C(C)(C)C)cc3n(-c3ccccc3)c2c(C)c1N1c2ccccc2[N-]C1c1[c-]ccc2c1sc1ncccc12.[2H]C([2H])([2H])c1cc(-c2[c-]cc(F)c(-c3ccccc3)c2)ncc1[Si](C)(C)C.[Ir+3]. The van der Waals surface area contributed by atoms with Gasteiger partial charge >= 0.3 is 20.1 Å². The van der Waals surface area contributed by atoms with Gasteiger partial charge in [-0.15, -0.1) is 40.4 Å². The van der Waals surface area contributed by atoms with Gasteiger partial charge in [-0.25, -0.2) is 4.98 Å². The van der Waals surface area contributed by atoms with Gasteiger partial charge in [-0.2, -0.15) is 29.5 Å². The van der Waals surface area contributed by atoms with Crippen molar-refractivity contribution < 1.29 is 28.6 Å². The Hall–Kier alpha value is -6.74. The fraction of sp³-hybridized carbons (Fsp3) is 0.175.